The van der Waals surface area contributed by atoms with Crippen LogP contribution in [0.1, 0.15) is 31.9 Å². The lowest BCUT2D eigenvalue weighted by Crippen LogP contribution is -2.34. The van der Waals surface area contributed by atoms with E-state index in [0.29, 0.717) is 5.69 Å². The Balaban J connectivity index is 0.00000180. The number of hydrogen-bond donors (Lipinski definition) is 1. The number of hydrogen-bond acceptors (Lipinski definition) is 4. The van der Waals surface area contributed by atoms with Crippen molar-refractivity contribution < 1.29 is 10.0 Å². The average molecular weight is 287 g/mol. The van der Waals surface area contributed by atoms with Crippen LogP contribution in [0.4, 0.5) is 5.82 Å². The molecule has 1 aliphatic heterocycles. The third-order valence-corrected chi connectivity index (χ3v) is 3.01. The molecule has 0 bridgehead atoms. The molecule has 106 valence electrons. The van der Waals surface area contributed by atoms with Gasteiger partial charge in [0.05, 0.1) is 5.69 Å². The smallest absolute Gasteiger partial charge is 0.268 e. The fraction of sp³-hybridized carbons (Fsp3) is 0.583. The quantitative estimate of drug-likeness (QED) is 0.790. The maximum atomic E-state index is 11.0. The van der Waals surface area contributed by atoms with E-state index in [0.717, 1.165) is 36.5 Å². The summed E-state index contributed by atoms with van der Waals surface area (Å²) < 4.78 is 0.842. The molecule has 6 nitrogen and oxygen atoms in total. The second-order valence-corrected chi connectivity index (χ2v) is 4.55. The van der Waals surface area contributed by atoms with E-state index in [2.05, 4.69) is 14.9 Å². The van der Waals surface area contributed by atoms with Gasteiger partial charge in [-0.2, -0.15) is 14.7 Å². The molecule has 0 aliphatic carbocycles. The summed E-state index contributed by atoms with van der Waals surface area (Å²) in [7, 11) is 0. The third kappa shape index (κ3) is 3.70. The molecule has 19 heavy (non-hydrogen) atoms. The lowest BCUT2D eigenvalue weighted by Gasteiger charge is -2.27. The SMILES string of the molecule is CC(=O)N=c1nc(N2CCCCC2)cc(C)n1O.Cl. The number of halogens is 1. The van der Waals surface area contributed by atoms with Gasteiger partial charge in [-0.25, -0.2) is 0 Å². The number of carbonyl (C=O) groups is 1. The van der Waals surface area contributed by atoms with Crippen molar-refractivity contribution in [2.24, 2.45) is 4.99 Å². The minimum absolute atomic E-state index is 0. The highest BCUT2D eigenvalue weighted by Crippen LogP contribution is 2.16. The summed E-state index contributed by atoms with van der Waals surface area (Å²) in [6, 6.07) is 1.81. The van der Waals surface area contributed by atoms with Crippen LogP contribution in [0.5, 0.6) is 0 Å². The number of nitrogens with zero attached hydrogens (tertiary/aromatic N) is 4. The van der Waals surface area contributed by atoms with Crippen molar-refractivity contribution in [1.29, 1.82) is 0 Å². The first-order chi connectivity index (χ1) is 8.58. The summed E-state index contributed by atoms with van der Waals surface area (Å²) in [4.78, 5) is 21.1. The van der Waals surface area contributed by atoms with E-state index in [4.69, 9.17) is 0 Å². The Bertz CT molecular complexity index is 521. The second kappa shape index (κ2) is 6.56. The van der Waals surface area contributed by atoms with Gasteiger partial charge in [0.15, 0.2) is 0 Å². The minimum atomic E-state index is -0.375. The lowest BCUT2D eigenvalue weighted by atomic mass is 10.1. The highest BCUT2D eigenvalue weighted by molar-refractivity contribution is 5.85. The fourth-order valence-electron chi connectivity index (χ4n) is 2.09. The van der Waals surface area contributed by atoms with E-state index in [-0.39, 0.29) is 23.9 Å². The Morgan fingerprint density at radius 3 is 2.58 bits per heavy atom. The summed E-state index contributed by atoms with van der Waals surface area (Å²) in [5.41, 5.74) is 0.661. The first-order valence-electron chi connectivity index (χ1n) is 6.18. The molecule has 7 heteroatoms. The number of carbonyl (C=O) groups excluding carboxylic acids is 1. The van der Waals surface area contributed by atoms with Gasteiger partial charge in [-0.05, 0) is 26.2 Å². The van der Waals surface area contributed by atoms with Crippen molar-refractivity contribution in [2.45, 2.75) is 33.1 Å². The number of anilines is 1. The van der Waals surface area contributed by atoms with Gasteiger partial charge in [0.1, 0.15) is 5.82 Å². The highest BCUT2D eigenvalue weighted by Gasteiger charge is 2.14. The van der Waals surface area contributed by atoms with E-state index < -0.39 is 0 Å². The molecule has 1 aromatic heterocycles. The molecule has 1 fully saturated rings. The molecule has 1 amide bonds. The van der Waals surface area contributed by atoms with E-state index in [1.807, 2.05) is 6.07 Å². The summed E-state index contributed by atoms with van der Waals surface area (Å²) >= 11 is 0. The Hall–Kier alpha value is -1.56. The van der Waals surface area contributed by atoms with Crippen molar-refractivity contribution in [3.05, 3.63) is 17.4 Å². The predicted molar refractivity (Wildman–Crippen MR) is 73.7 cm³/mol. The largest absolute Gasteiger partial charge is 0.425 e. The van der Waals surface area contributed by atoms with Crippen LogP contribution in [0.15, 0.2) is 11.1 Å². The Labute approximate surface area is 118 Å². The molecule has 0 aromatic carbocycles. The topological polar surface area (TPSA) is 70.7 Å². The summed E-state index contributed by atoms with van der Waals surface area (Å²) in [5.74, 6) is 0.401. The fourth-order valence-corrected chi connectivity index (χ4v) is 2.09. The molecular weight excluding hydrogens is 268 g/mol. The van der Waals surface area contributed by atoms with Gasteiger partial charge in [0.2, 0.25) is 5.91 Å². The van der Waals surface area contributed by atoms with Crippen LogP contribution in [0.25, 0.3) is 0 Å². The van der Waals surface area contributed by atoms with Gasteiger partial charge in [-0.3, -0.25) is 4.79 Å². The zero-order chi connectivity index (χ0) is 13.1. The molecule has 0 radical (unpaired) electrons. The molecule has 1 aliphatic rings. The predicted octanol–water partition coefficient (Wildman–Crippen LogP) is 1.29. The summed E-state index contributed by atoms with van der Waals surface area (Å²) in [6.45, 7) is 5.02. The number of rotatable bonds is 1. The van der Waals surface area contributed by atoms with E-state index in [1.165, 1.54) is 13.3 Å². The van der Waals surface area contributed by atoms with Crippen molar-refractivity contribution >= 4 is 24.1 Å². The normalized spacial score (nSPS) is 16.1. The molecule has 1 N–H and O–H groups in total. The van der Waals surface area contributed by atoms with Gasteiger partial charge in [-0.15, -0.1) is 12.4 Å². The highest BCUT2D eigenvalue weighted by atomic mass is 35.5. The van der Waals surface area contributed by atoms with Crippen molar-refractivity contribution in [3.8, 4) is 0 Å². The Morgan fingerprint density at radius 2 is 2.00 bits per heavy atom. The molecule has 1 saturated heterocycles. The monoisotopic (exact) mass is 286 g/mol. The molecule has 0 unspecified atom stereocenters. The van der Waals surface area contributed by atoms with Gasteiger partial charge in [-0.1, -0.05) is 0 Å². The van der Waals surface area contributed by atoms with Crippen molar-refractivity contribution in [2.75, 3.05) is 18.0 Å². The summed E-state index contributed by atoms with van der Waals surface area (Å²) in [5, 5.41) is 9.76. The van der Waals surface area contributed by atoms with Crippen molar-refractivity contribution in [1.82, 2.24) is 9.71 Å². The van der Waals surface area contributed by atoms with Gasteiger partial charge < -0.3 is 10.1 Å². The molecule has 0 spiro atoms. The zero-order valence-corrected chi connectivity index (χ0v) is 12.0. The Kier molecular flexibility index (Phi) is 5.35. The third-order valence-electron chi connectivity index (χ3n) is 3.01. The van der Waals surface area contributed by atoms with Crippen LogP contribution in [-0.2, 0) is 4.79 Å². The number of aromatic nitrogens is 2. The van der Waals surface area contributed by atoms with E-state index in [9.17, 15) is 10.0 Å². The maximum Gasteiger partial charge on any atom is 0.268 e. The standard InChI is InChI=1S/C12H18N4O2.ClH/c1-9-8-11(15-6-4-3-5-7-15)14-12(16(9)18)13-10(2)17;/h8,18H,3-7H2,1-2H3;1H. The van der Waals surface area contributed by atoms with E-state index >= 15 is 0 Å². The van der Waals surface area contributed by atoms with Crippen LogP contribution in [0.3, 0.4) is 0 Å². The first kappa shape index (κ1) is 15.5. The Morgan fingerprint density at radius 1 is 1.37 bits per heavy atom. The van der Waals surface area contributed by atoms with Crippen molar-refractivity contribution in [3.63, 3.8) is 0 Å². The molecule has 2 heterocycles. The second-order valence-electron chi connectivity index (χ2n) is 4.55. The van der Waals surface area contributed by atoms with Crippen LogP contribution in [-0.4, -0.2) is 33.9 Å². The van der Waals surface area contributed by atoms with Crippen LogP contribution in [0, 0.1) is 6.92 Å². The maximum absolute atomic E-state index is 11.0. The average Bonchev–Trinajstić information content (AvgIpc) is 2.35. The van der Waals surface area contributed by atoms with Crippen LogP contribution < -0.4 is 10.5 Å². The summed E-state index contributed by atoms with van der Waals surface area (Å²) in [6.07, 6.45) is 3.54. The zero-order valence-electron chi connectivity index (χ0n) is 11.2. The van der Waals surface area contributed by atoms with Gasteiger partial charge >= 0.3 is 0 Å². The van der Waals surface area contributed by atoms with Crippen LogP contribution >= 0.6 is 12.4 Å². The number of aryl methyl sites for hydroxylation is 1. The molecular formula is C12H19ClN4O2. The van der Waals surface area contributed by atoms with Gasteiger partial charge in [0, 0.05) is 26.1 Å². The lowest BCUT2D eigenvalue weighted by molar-refractivity contribution is -0.116. The first-order valence-corrected chi connectivity index (χ1v) is 6.18. The molecule has 0 atom stereocenters. The van der Waals surface area contributed by atoms with E-state index in [1.54, 1.807) is 6.92 Å². The van der Waals surface area contributed by atoms with Crippen LogP contribution in [0.2, 0.25) is 0 Å². The molecule has 2 rings (SSSR count). The molecule has 1 aromatic rings. The minimum Gasteiger partial charge on any atom is -0.425 e. The number of amides is 1. The number of piperidine rings is 1. The van der Waals surface area contributed by atoms with Gasteiger partial charge in [0.25, 0.3) is 5.62 Å². The molecule has 0 saturated carbocycles.